The maximum absolute atomic E-state index is 5.74. The van der Waals surface area contributed by atoms with Crippen molar-refractivity contribution in [2.24, 2.45) is 5.10 Å². The molecule has 0 saturated heterocycles. The van der Waals surface area contributed by atoms with Crippen LogP contribution < -0.4 is 5.43 Å². The summed E-state index contributed by atoms with van der Waals surface area (Å²) in [7, 11) is 0. The number of aryl methyl sites for hydroxylation is 1. The van der Waals surface area contributed by atoms with Gasteiger partial charge in [-0.05, 0) is 18.9 Å². The molecule has 0 atom stereocenters. The van der Waals surface area contributed by atoms with E-state index in [2.05, 4.69) is 28.5 Å². The van der Waals surface area contributed by atoms with E-state index in [0.717, 1.165) is 35.0 Å². The fraction of sp³-hybridized carbons (Fsp3) is 0.412. The number of ether oxygens (including phenoxy) is 1. The second-order valence-corrected chi connectivity index (χ2v) is 5.98. The van der Waals surface area contributed by atoms with Crippen molar-refractivity contribution in [2.45, 2.75) is 39.7 Å². The lowest BCUT2D eigenvalue weighted by Gasteiger charge is -2.07. The molecular formula is C17H23N3OS. The van der Waals surface area contributed by atoms with Crippen molar-refractivity contribution in [1.82, 2.24) is 4.98 Å². The molecule has 0 amide bonds. The minimum atomic E-state index is 0.627. The summed E-state index contributed by atoms with van der Waals surface area (Å²) in [4.78, 5) is 4.31. The van der Waals surface area contributed by atoms with Crippen LogP contribution in [0.3, 0.4) is 0 Å². The summed E-state index contributed by atoms with van der Waals surface area (Å²) < 4.78 is 5.74. The third-order valence-electron chi connectivity index (χ3n) is 3.19. The van der Waals surface area contributed by atoms with Crippen molar-refractivity contribution in [2.75, 3.05) is 12.0 Å². The minimum absolute atomic E-state index is 0.627. The fourth-order valence-corrected chi connectivity index (χ4v) is 2.63. The van der Waals surface area contributed by atoms with Crippen LogP contribution in [0, 0.1) is 6.92 Å². The molecule has 1 heterocycles. The Kier molecular flexibility index (Phi) is 7.06. The Bertz CT molecular complexity index is 595. The van der Waals surface area contributed by atoms with Gasteiger partial charge in [0.25, 0.3) is 0 Å². The molecule has 0 radical (unpaired) electrons. The standard InChI is InChI=1S/C17H23N3OS/c1-3-4-7-10-21-12-16-9-6-5-8-15(16)11-18-20-17-19-14(2)13-22-17/h5-6,8-9,11,13H,3-4,7,10,12H2,1-2H3,(H,19,20). The highest BCUT2D eigenvalue weighted by Crippen LogP contribution is 2.14. The van der Waals surface area contributed by atoms with E-state index >= 15 is 0 Å². The summed E-state index contributed by atoms with van der Waals surface area (Å²) in [6.45, 7) is 5.61. The zero-order valence-electron chi connectivity index (χ0n) is 13.2. The van der Waals surface area contributed by atoms with E-state index in [9.17, 15) is 0 Å². The number of benzene rings is 1. The van der Waals surface area contributed by atoms with Crippen molar-refractivity contribution in [3.05, 3.63) is 46.5 Å². The molecule has 0 fully saturated rings. The maximum Gasteiger partial charge on any atom is 0.203 e. The van der Waals surface area contributed by atoms with Gasteiger partial charge in [-0.25, -0.2) is 4.98 Å². The Hall–Kier alpha value is -1.72. The Morgan fingerprint density at radius 1 is 1.32 bits per heavy atom. The summed E-state index contributed by atoms with van der Waals surface area (Å²) in [5.74, 6) is 0. The van der Waals surface area contributed by atoms with E-state index in [0.29, 0.717) is 6.61 Å². The average molecular weight is 317 g/mol. The second kappa shape index (κ2) is 9.33. The molecule has 0 spiro atoms. The number of thiazole rings is 1. The fourth-order valence-electron chi connectivity index (χ4n) is 1.99. The van der Waals surface area contributed by atoms with E-state index < -0.39 is 0 Å². The highest BCUT2D eigenvalue weighted by molar-refractivity contribution is 7.13. The van der Waals surface area contributed by atoms with Crippen molar-refractivity contribution in [3.63, 3.8) is 0 Å². The largest absolute Gasteiger partial charge is 0.377 e. The number of anilines is 1. The summed E-state index contributed by atoms with van der Waals surface area (Å²) in [5.41, 5.74) is 6.19. The predicted molar refractivity (Wildman–Crippen MR) is 93.7 cm³/mol. The number of hydrogen-bond donors (Lipinski definition) is 1. The monoisotopic (exact) mass is 317 g/mol. The van der Waals surface area contributed by atoms with Gasteiger partial charge in [0.05, 0.1) is 18.5 Å². The first-order valence-corrected chi connectivity index (χ1v) is 8.54. The number of unbranched alkanes of at least 4 members (excludes halogenated alkanes) is 2. The van der Waals surface area contributed by atoms with E-state index in [1.54, 1.807) is 11.3 Å². The predicted octanol–water partition coefficient (Wildman–Crippen LogP) is 4.60. The van der Waals surface area contributed by atoms with Gasteiger partial charge in [0.2, 0.25) is 5.13 Å². The van der Waals surface area contributed by atoms with Gasteiger partial charge in [-0.15, -0.1) is 11.3 Å². The van der Waals surface area contributed by atoms with Gasteiger partial charge in [-0.2, -0.15) is 5.10 Å². The summed E-state index contributed by atoms with van der Waals surface area (Å²) in [5, 5.41) is 7.06. The Morgan fingerprint density at radius 2 is 2.18 bits per heavy atom. The average Bonchev–Trinajstić information content (AvgIpc) is 2.94. The third kappa shape index (κ3) is 5.58. The van der Waals surface area contributed by atoms with Crippen LogP contribution in [0.5, 0.6) is 0 Å². The maximum atomic E-state index is 5.74. The second-order valence-electron chi connectivity index (χ2n) is 5.12. The normalized spacial score (nSPS) is 11.2. The minimum Gasteiger partial charge on any atom is -0.377 e. The van der Waals surface area contributed by atoms with Gasteiger partial charge in [0, 0.05) is 17.6 Å². The lowest BCUT2D eigenvalue weighted by Crippen LogP contribution is -2.00. The molecule has 0 saturated carbocycles. The van der Waals surface area contributed by atoms with Gasteiger partial charge in [-0.1, -0.05) is 44.0 Å². The Morgan fingerprint density at radius 3 is 2.95 bits per heavy atom. The summed E-state index contributed by atoms with van der Waals surface area (Å²) in [6, 6.07) is 8.16. The number of aromatic nitrogens is 1. The van der Waals surface area contributed by atoms with Crippen molar-refractivity contribution in [3.8, 4) is 0 Å². The molecule has 0 aliphatic heterocycles. The molecule has 1 N–H and O–H groups in total. The Labute approximate surface area is 136 Å². The molecule has 1 aromatic heterocycles. The van der Waals surface area contributed by atoms with Gasteiger partial charge < -0.3 is 4.74 Å². The Balaban J connectivity index is 1.87. The van der Waals surface area contributed by atoms with Gasteiger partial charge in [-0.3, -0.25) is 5.43 Å². The smallest absolute Gasteiger partial charge is 0.203 e. The molecular weight excluding hydrogens is 294 g/mol. The molecule has 0 unspecified atom stereocenters. The zero-order valence-corrected chi connectivity index (χ0v) is 14.0. The number of rotatable bonds is 9. The first-order valence-electron chi connectivity index (χ1n) is 7.66. The molecule has 5 heteroatoms. The van der Waals surface area contributed by atoms with Crippen molar-refractivity contribution < 1.29 is 4.74 Å². The van der Waals surface area contributed by atoms with Gasteiger partial charge >= 0.3 is 0 Å². The molecule has 2 aromatic rings. The first kappa shape index (κ1) is 16.6. The molecule has 0 aliphatic carbocycles. The molecule has 22 heavy (non-hydrogen) atoms. The number of nitrogens with zero attached hydrogens (tertiary/aromatic N) is 2. The van der Waals surface area contributed by atoms with Crippen LogP contribution in [0.1, 0.15) is 43.0 Å². The van der Waals surface area contributed by atoms with Crippen LogP contribution in [0.15, 0.2) is 34.7 Å². The summed E-state index contributed by atoms with van der Waals surface area (Å²) in [6.07, 6.45) is 5.38. The summed E-state index contributed by atoms with van der Waals surface area (Å²) >= 11 is 1.55. The van der Waals surface area contributed by atoms with E-state index in [4.69, 9.17) is 4.74 Å². The number of hydrazone groups is 1. The van der Waals surface area contributed by atoms with Crippen LogP contribution in [-0.2, 0) is 11.3 Å². The lowest BCUT2D eigenvalue weighted by molar-refractivity contribution is 0.117. The van der Waals surface area contributed by atoms with Crippen LogP contribution in [0.25, 0.3) is 0 Å². The van der Waals surface area contributed by atoms with Gasteiger partial charge in [0.15, 0.2) is 0 Å². The molecule has 0 bridgehead atoms. The van der Waals surface area contributed by atoms with E-state index in [1.807, 2.05) is 36.7 Å². The first-order chi connectivity index (χ1) is 10.8. The topological polar surface area (TPSA) is 46.5 Å². The lowest BCUT2D eigenvalue weighted by atomic mass is 10.1. The highest BCUT2D eigenvalue weighted by atomic mass is 32.1. The van der Waals surface area contributed by atoms with Crippen LogP contribution in [0.4, 0.5) is 5.13 Å². The number of nitrogens with one attached hydrogen (secondary N) is 1. The van der Waals surface area contributed by atoms with Crippen LogP contribution >= 0.6 is 11.3 Å². The third-order valence-corrected chi connectivity index (χ3v) is 4.05. The van der Waals surface area contributed by atoms with Crippen LogP contribution in [-0.4, -0.2) is 17.8 Å². The van der Waals surface area contributed by atoms with E-state index in [1.165, 1.54) is 12.8 Å². The van der Waals surface area contributed by atoms with Crippen molar-refractivity contribution >= 4 is 22.7 Å². The zero-order chi connectivity index (χ0) is 15.6. The number of hydrogen-bond acceptors (Lipinski definition) is 5. The molecule has 0 aliphatic rings. The quantitative estimate of drug-likeness (QED) is 0.417. The SMILES string of the molecule is CCCCCOCc1ccccc1C=NNc1nc(C)cs1. The molecule has 4 nitrogen and oxygen atoms in total. The van der Waals surface area contributed by atoms with Crippen LogP contribution in [0.2, 0.25) is 0 Å². The van der Waals surface area contributed by atoms with E-state index in [-0.39, 0.29) is 0 Å². The highest BCUT2D eigenvalue weighted by Gasteiger charge is 2.00. The van der Waals surface area contributed by atoms with Gasteiger partial charge in [0.1, 0.15) is 0 Å². The molecule has 1 aromatic carbocycles. The van der Waals surface area contributed by atoms with Crippen molar-refractivity contribution in [1.29, 1.82) is 0 Å². The molecule has 118 valence electrons. The molecule has 2 rings (SSSR count).